The van der Waals surface area contributed by atoms with Crippen LogP contribution in [0.2, 0.25) is 0 Å². The molecule has 2 heteroatoms. The van der Waals surface area contributed by atoms with E-state index in [0.717, 1.165) is 12.8 Å². The van der Waals surface area contributed by atoms with Crippen molar-refractivity contribution in [3.8, 4) is 6.07 Å². The summed E-state index contributed by atoms with van der Waals surface area (Å²) in [5.74, 6) is 0.337. The maximum atomic E-state index is 9.10. The maximum absolute atomic E-state index is 9.10. The highest BCUT2D eigenvalue weighted by atomic mass is 14.9. The van der Waals surface area contributed by atoms with Gasteiger partial charge in [0.15, 0.2) is 0 Å². The van der Waals surface area contributed by atoms with Gasteiger partial charge in [0, 0.05) is 18.0 Å². The lowest BCUT2D eigenvalue weighted by molar-refractivity contribution is 0.468. The number of nitrogens with one attached hydrogen (secondary N) is 1. The Morgan fingerprint density at radius 1 is 1.00 bits per heavy atom. The number of nitrogens with zero attached hydrogens (tertiary/aromatic N) is 1. The lowest BCUT2D eigenvalue weighted by atomic mass is 9.88. The van der Waals surface area contributed by atoms with Crippen LogP contribution in [-0.2, 0) is 0 Å². The molecule has 0 heterocycles. The lowest BCUT2D eigenvalue weighted by Gasteiger charge is -2.29. The van der Waals surface area contributed by atoms with E-state index in [1.807, 2.05) is 12.1 Å². The molecule has 2 aromatic rings. The molecule has 3 rings (SSSR count). The van der Waals surface area contributed by atoms with Gasteiger partial charge < -0.3 is 5.32 Å². The van der Waals surface area contributed by atoms with Gasteiger partial charge in [0.1, 0.15) is 0 Å². The third kappa shape index (κ3) is 3.81. The largest absolute Gasteiger partial charge is 0.377 e. The van der Waals surface area contributed by atoms with Gasteiger partial charge in [-0.1, -0.05) is 66.7 Å². The molecule has 0 saturated carbocycles. The van der Waals surface area contributed by atoms with Gasteiger partial charge in [-0.05, 0) is 30.4 Å². The van der Waals surface area contributed by atoms with Crippen molar-refractivity contribution >= 4 is 0 Å². The molecule has 1 aliphatic rings. The molecule has 0 bridgehead atoms. The van der Waals surface area contributed by atoms with Crippen LogP contribution in [0.25, 0.3) is 0 Å². The third-order valence-corrected chi connectivity index (χ3v) is 4.48. The summed E-state index contributed by atoms with van der Waals surface area (Å²) in [5, 5.41) is 12.8. The van der Waals surface area contributed by atoms with Crippen LogP contribution in [0.3, 0.4) is 0 Å². The first-order valence-corrected chi connectivity index (χ1v) is 8.32. The number of hydrogen-bond acceptors (Lipinski definition) is 2. The highest BCUT2D eigenvalue weighted by Crippen LogP contribution is 2.30. The fourth-order valence-electron chi connectivity index (χ4n) is 3.26. The number of benzene rings is 2. The second-order valence-electron chi connectivity index (χ2n) is 6.05. The molecule has 116 valence electrons. The van der Waals surface area contributed by atoms with Gasteiger partial charge in [-0.3, -0.25) is 0 Å². The molecule has 0 spiro atoms. The fourth-order valence-corrected chi connectivity index (χ4v) is 3.26. The molecule has 1 N–H and O–H groups in total. The molecule has 0 aromatic heterocycles. The molecule has 1 aliphatic carbocycles. The van der Waals surface area contributed by atoms with Gasteiger partial charge in [0.2, 0.25) is 0 Å². The van der Waals surface area contributed by atoms with E-state index in [4.69, 9.17) is 5.26 Å². The summed E-state index contributed by atoms with van der Waals surface area (Å²) in [6, 6.07) is 23.5. The molecule has 1 atom stereocenters. The molecule has 2 aromatic carbocycles. The SMILES string of the molecule is N#CC[C@H]1CCCC=C1NC(c1ccccc1)c1ccccc1. The smallest absolute Gasteiger partial charge is 0.0764 e. The van der Waals surface area contributed by atoms with Crippen molar-refractivity contribution in [3.63, 3.8) is 0 Å². The minimum atomic E-state index is 0.128. The van der Waals surface area contributed by atoms with E-state index in [2.05, 4.69) is 66.0 Å². The van der Waals surface area contributed by atoms with Crippen LogP contribution >= 0.6 is 0 Å². The van der Waals surface area contributed by atoms with Gasteiger partial charge in [-0.2, -0.15) is 5.26 Å². The minimum Gasteiger partial charge on any atom is -0.377 e. The van der Waals surface area contributed by atoms with Gasteiger partial charge in [-0.15, -0.1) is 0 Å². The predicted octanol–water partition coefficient (Wildman–Crippen LogP) is 4.96. The van der Waals surface area contributed by atoms with Crippen LogP contribution in [-0.4, -0.2) is 0 Å². The highest BCUT2D eigenvalue weighted by Gasteiger charge is 2.22. The monoisotopic (exact) mass is 302 g/mol. The average Bonchev–Trinajstić information content (AvgIpc) is 2.63. The van der Waals surface area contributed by atoms with E-state index in [0.29, 0.717) is 12.3 Å². The number of rotatable bonds is 5. The average molecular weight is 302 g/mol. The molecule has 0 unspecified atom stereocenters. The van der Waals surface area contributed by atoms with Gasteiger partial charge >= 0.3 is 0 Å². The Bertz CT molecular complexity index is 643. The van der Waals surface area contributed by atoms with Crippen molar-refractivity contribution < 1.29 is 0 Å². The third-order valence-electron chi connectivity index (χ3n) is 4.48. The Morgan fingerprint density at radius 2 is 1.61 bits per heavy atom. The molecular formula is C21H22N2. The van der Waals surface area contributed by atoms with Crippen LogP contribution in [0.1, 0.15) is 42.9 Å². The zero-order valence-corrected chi connectivity index (χ0v) is 13.3. The van der Waals surface area contributed by atoms with E-state index in [-0.39, 0.29) is 6.04 Å². The lowest BCUT2D eigenvalue weighted by Crippen LogP contribution is -2.27. The quantitative estimate of drug-likeness (QED) is 0.847. The van der Waals surface area contributed by atoms with Gasteiger partial charge in [-0.25, -0.2) is 0 Å². The van der Waals surface area contributed by atoms with Crippen molar-refractivity contribution in [2.45, 2.75) is 31.7 Å². The summed E-state index contributed by atoms with van der Waals surface area (Å²) in [7, 11) is 0. The Balaban J connectivity index is 1.90. The molecule has 0 fully saturated rings. The van der Waals surface area contributed by atoms with Crippen molar-refractivity contribution in [2.75, 3.05) is 0 Å². The molecule has 23 heavy (non-hydrogen) atoms. The Labute approximate surface area is 138 Å². The first kappa shape index (κ1) is 15.4. The Hall–Kier alpha value is -2.53. The molecule has 0 radical (unpaired) electrons. The van der Waals surface area contributed by atoms with Gasteiger partial charge in [0.05, 0.1) is 12.1 Å². The summed E-state index contributed by atoms with van der Waals surface area (Å²) in [4.78, 5) is 0. The topological polar surface area (TPSA) is 35.8 Å². The van der Waals surface area contributed by atoms with Crippen molar-refractivity contribution in [3.05, 3.63) is 83.6 Å². The van der Waals surface area contributed by atoms with E-state index < -0.39 is 0 Å². The normalized spacial score (nSPS) is 17.4. The summed E-state index contributed by atoms with van der Waals surface area (Å²) < 4.78 is 0. The van der Waals surface area contributed by atoms with Crippen molar-refractivity contribution in [1.29, 1.82) is 5.26 Å². The molecule has 2 nitrogen and oxygen atoms in total. The Kier molecular flexibility index (Phi) is 5.11. The van der Waals surface area contributed by atoms with Crippen molar-refractivity contribution in [1.82, 2.24) is 5.32 Å². The van der Waals surface area contributed by atoms with E-state index in [1.165, 1.54) is 23.2 Å². The summed E-state index contributed by atoms with van der Waals surface area (Å²) >= 11 is 0. The van der Waals surface area contributed by atoms with Crippen molar-refractivity contribution in [2.24, 2.45) is 5.92 Å². The Morgan fingerprint density at radius 3 is 2.17 bits per heavy atom. The highest BCUT2D eigenvalue weighted by molar-refractivity contribution is 5.33. The fraction of sp³-hybridized carbons (Fsp3) is 0.286. The first-order chi connectivity index (χ1) is 11.4. The number of hydrogen-bond donors (Lipinski definition) is 1. The van der Waals surface area contributed by atoms with Crippen LogP contribution in [0.4, 0.5) is 0 Å². The zero-order chi connectivity index (χ0) is 15.9. The number of nitriles is 1. The van der Waals surface area contributed by atoms with Crippen LogP contribution in [0.15, 0.2) is 72.4 Å². The van der Waals surface area contributed by atoms with Crippen LogP contribution in [0.5, 0.6) is 0 Å². The summed E-state index contributed by atoms with van der Waals surface area (Å²) in [5.41, 5.74) is 3.73. The standard InChI is InChI=1S/C21H22N2/c22-16-15-17-9-7-8-14-20(17)23-21(18-10-3-1-4-11-18)19-12-5-2-6-13-19/h1-6,10-14,17,21,23H,7-9,15H2/t17-/m1/s1. The predicted molar refractivity (Wildman–Crippen MR) is 93.5 cm³/mol. The van der Waals surface area contributed by atoms with Crippen LogP contribution < -0.4 is 5.32 Å². The molecule has 0 saturated heterocycles. The van der Waals surface area contributed by atoms with E-state index >= 15 is 0 Å². The zero-order valence-electron chi connectivity index (χ0n) is 13.3. The second kappa shape index (κ2) is 7.65. The van der Waals surface area contributed by atoms with Gasteiger partial charge in [0.25, 0.3) is 0 Å². The van der Waals surface area contributed by atoms with E-state index in [9.17, 15) is 0 Å². The number of allylic oxidation sites excluding steroid dienone is 2. The summed E-state index contributed by atoms with van der Waals surface area (Å²) in [6.45, 7) is 0. The first-order valence-electron chi connectivity index (χ1n) is 8.32. The summed E-state index contributed by atoms with van der Waals surface area (Å²) in [6.07, 6.45) is 6.25. The minimum absolute atomic E-state index is 0.128. The molecule has 0 aliphatic heterocycles. The molecule has 0 amide bonds. The molecular weight excluding hydrogens is 280 g/mol. The van der Waals surface area contributed by atoms with E-state index in [1.54, 1.807) is 0 Å². The second-order valence-corrected chi connectivity index (χ2v) is 6.05. The maximum Gasteiger partial charge on any atom is 0.0764 e. The van der Waals surface area contributed by atoms with Crippen LogP contribution in [0, 0.1) is 17.2 Å².